The summed E-state index contributed by atoms with van der Waals surface area (Å²) in [5.74, 6) is -0.293. The van der Waals surface area contributed by atoms with Gasteiger partial charge in [0.1, 0.15) is 0 Å². The first-order valence-corrected chi connectivity index (χ1v) is 6.81. The molecular formula is C14H19ClN2O3. The van der Waals surface area contributed by atoms with Crippen LogP contribution in [-0.2, 0) is 9.53 Å². The van der Waals surface area contributed by atoms with Gasteiger partial charge in [0.15, 0.2) is 0 Å². The molecule has 0 aliphatic rings. The lowest BCUT2D eigenvalue weighted by atomic mass is 10.2. The number of hydrogen-bond donors (Lipinski definition) is 2. The van der Waals surface area contributed by atoms with Gasteiger partial charge >= 0.3 is 0 Å². The van der Waals surface area contributed by atoms with Crippen LogP contribution in [0.2, 0.25) is 5.02 Å². The Morgan fingerprint density at radius 2 is 1.90 bits per heavy atom. The number of ether oxygens (including phenoxy) is 1. The van der Waals surface area contributed by atoms with E-state index in [4.69, 9.17) is 16.3 Å². The molecule has 0 aromatic heterocycles. The molecule has 0 fully saturated rings. The van der Waals surface area contributed by atoms with E-state index >= 15 is 0 Å². The Morgan fingerprint density at radius 3 is 2.60 bits per heavy atom. The van der Waals surface area contributed by atoms with Crippen LogP contribution in [0.1, 0.15) is 23.2 Å². The fraction of sp³-hybridized carbons (Fsp3) is 0.429. The summed E-state index contributed by atoms with van der Waals surface area (Å²) in [5, 5.41) is 5.83. The van der Waals surface area contributed by atoms with Crippen molar-refractivity contribution in [3.8, 4) is 0 Å². The van der Waals surface area contributed by atoms with Crippen molar-refractivity contribution in [1.82, 2.24) is 10.6 Å². The number of rotatable bonds is 8. The standard InChI is InChI=1S/C14H19ClN2O3/c1-20-10-4-7-13(18)16-8-9-17-14(19)11-5-2-3-6-12(11)15/h2-3,5-6H,4,7-10H2,1H3,(H,16,18)(H,17,19). The summed E-state index contributed by atoms with van der Waals surface area (Å²) in [5.41, 5.74) is 0.431. The summed E-state index contributed by atoms with van der Waals surface area (Å²) in [6.07, 6.45) is 1.11. The molecular weight excluding hydrogens is 280 g/mol. The van der Waals surface area contributed by atoms with Crippen LogP contribution in [0.5, 0.6) is 0 Å². The minimum atomic E-state index is -0.246. The van der Waals surface area contributed by atoms with Crippen LogP contribution in [0, 0.1) is 0 Å². The highest BCUT2D eigenvalue weighted by molar-refractivity contribution is 6.33. The van der Waals surface area contributed by atoms with Gasteiger partial charge in [0.2, 0.25) is 5.91 Å². The molecule has 2 N–H and O–H groups in total. The minimum Gasteiger partial charge on any atom is -0.385 e. The number of benzene rings is 1. The Bertz CT molecular complexity index is 452. The summed E-state index contributed by atoms with van der Waals surface area (Å²) in [6.45, 7) is 1.32. The largest absolute Gasteiger partial charge is 0.385 e. The maximum atomic E-state index is 11.8. The SMILES string of the molecule is COCCCC(=O)NCCNC(=O)c1ccccc1Cl. The first kappa shape index (κ1) is 16.5. The first-order valence-electron chi connectivity index (χ1n) is 6.43. The third-order valence-electron chi connectivity index (χ3n) is 2.60. The van der Waals surface area contributed by atoms with Gasteiger partial charge in [0.25, 0.3) is 5.91 Å². The average Bonchev–Trinajstić information content (AvgIpc) is 2.44. The molecule has 0 aliphatic heterocycles. The second-order valence-corrected chi connectivity index (χ2v) is 4.59. The lowest BCUT2D eigenvalue weighted by molar-refractivity contribution is -0.121. The molecule has 6 heteroatoms. The molecule has 1 aromatic rings. The van der Waals surface area contributed by atoms with Gasteiger partial charge in [-0.15, -0.1) is 0 Å². The highest BCUT2D eigenvalue weighted by atomic mass is 35.5. The molecule has 0 aliphatic carbocycles. The minimum absolute atomic E-state index is 0.0472. The highest BCUT2D eigenvalue weighted by Crippen LogP contribution is 2.14. The van der Waals surface area contributed by atoms with E-state index < -0.39 is 0 Å². The number of hydrogen-bond acceptors (Lipinski definition) is 3. The van der Waals surface area contributed by atoms with Crippen LogP contribution in [0.15, 0.2) is 24.3 Å². The van der Waals surface area contributed by atoms with Gasteiger partial charge in [-0.3, -0.25) is 9.59 Å². The molecule has 1 rings (SSSR count). The number of carbonyl (C=O) groups excluding carboxylic acids is 2. The van der Waals surface area contributed by atoms with Gasteiger partial charge in [-0.1, -0.05) is 23.7 Å². The van der Waals surface area contributed by atoms with Crippen molar-refractivity contribution in [3.05, 3.63) is 34.9 Å². The second-order valence-electron chi connectivity index (χ2n) is 4.18. The molecule has 110 valence electrons. The van der Waals surface area contributed by atoms with E-state index in [1.807, 2.05) is 0 Å². The zero-order chi connectivity index (χ0) is 14.8. The van der Waals surface area contributed by atoms with Crippen molar-refractivity contribution in [1.29, 1.82) is 0 Å². The van der Waals surface area contributed by atoms with Gasteiger partial charge in [-0.2, -0.15) is 0 Å². The van der Waals surface area contributed by atoms with E-state index in [0.717, 1.165) is 0 Å². The van der Waals surface area contributed by atoms with Crippen LogP contribution >= 0.6 is 11.6 Å². The molecule has 0 saturated heterocycles. The molecule has 0 unspecified atom stereocenters. The average molecular weight is 299 g/mol. The molecule has 5 nitrogen and oxygen atoms in total. The molecule has 20 heavy (non-hydrogen) atoms. The van der Waals surface area contributed by atoms with E-state index in [9.17, 15) is 9.59 Å². The maximum absolute atomic E-state index is 11.8. The van der Waals surface area contributed by atoms with Crippen LogP contribution < -0.4 is 10.6 Å². The number of methoxy groups -OCH3 is 1. The van der Waals surface area contributed by atoms with Gasteiger partial charge in [0.05, 0.1) is 10.6 Å². The highest BCUT2D eigenvalue weighted by Gasteiger charge is 2.08. The van der Waals surface area contributed by atoms with Gasteiger partial charge in [-0.25, -0.2) is 0 Å². The molecule has 0 bridgehead atoms. The Kier molecular flexibility index (Phi) is 7.69. The van der Waals surface area contributed by atoms with Gasteiger partial charge in [-0.05, 0) is 18.6 Å². The molecule has 0 atom stereocenters. The summed E-state index contributed by atoms with van der Waals surface area (Å²) >= 11 is 5.91. The molecule has 0 heterocycles. The number of nitrogens with one attached hydrogen (secondary N) is 2. The molecule has 0 saturated carbocycles. The van der Waals surface area contributed by atoms with E-state index in [1.54, 1.807) is 31.4 Å². The quantitative estimate of drug-likeness (QED) is 0.717. The summed E-state index contributed by atoms with van der Waals surface area (Å²) in [4.78, 5) is 23.2. The smallest absolute Gasteiger partial charge is 0.252 e. The van der Waals surface area contributed by atoms with Crippen molar-refractivity contribution in [2.24, 2.45) is 0 Å². The monoisotopic (exact) mass is 298 g/mol. The molecule has 2 amide bonds. The number of amides is 2. The van der Waals surface area contributed by atoms with Crippen molar-refractivity contribution >= 4 is 23.4 Å². The Labute approximate surface area is 123 Å². The molecule has 1 aromatic carbocycles. The third-order valence-corrected chi connectivity index (χ3v) is 2.93. The predicted octanol–water partition coefficient (Wildman–Crippen LogP) is 1.61. The van der Waals surface area contributed by atoms with Crippen LogP contribution in [-0.4, -0.2) is 38.6 Å². The van der Waals surface area contributed by atoms with Crippen LogP contribution in [0.4, 0.5) is 0 Å². The van der Waals surface area contributed by atoms with E-state index in [0.29, 0.717) is 43.1 Å². The van der Waals surface area contributed by atoms with Crippen molar-refractivity contribution in [2.75, 3.05) is 26.8 Å². The van der Waals surface area contributed by atoms with E-state index in [-0.39, 0.29) is 11.8 Å². The van der Waals surface area contributed by atoms with Gasteiger partial charge in [0, 0.05) is 33.2 Å². The van der Waals surface area contributed by atoms with Crippen molar-refractivity contribution < 1.29 is 14.3 Å². The Hall–Kier alpha value is -1.59. The summed E-state index contributed by atoms with van der Waals surface area (Å²) in [7, 11) is 1.60. The Balaban J connectivity index is 2.20. The topological polar surface area (TPSA) is 67.4 Å². The number of halogens is 1. The fourth-order valence-electron chi connectivity index (χ4n) is 1.58. The third kappa shape index (κ3) is 6.04. The van der Waals surface area contributed by atoms with E-state index in [1.165, 1.54) is 0 Å². The second kappa shape index (κ2) is 9.34. The lowest BCUT2D eigenvalue weighted by Crippen LogP contribution is -2.34. The van der Waals surface area contributed by atoms with Crippen molar-refractivity contribution in [2.45, 2.75) is 12.8 Å². The normalized spacial score (nSPS) is 10.1. The number of carbonyl (C=O) groups is 2. The summed E-state index contributed by atoms with van der Waals surface area (Å²) < 4.78 is 4.86. The Morgan fingerprint density at radius 1 is 1.20 bits per heavy atom. The van der Waals surface area contributed by atoms with Gasteiger partial charge < -0.3 is 15.4 Å². The predicted molar refractivity (Wildman–Crippen MR) is 77.9 cm³/mol. The lowest BCUT2D eigenvalue weighted by Gasteiger charge is -2.08. The van der Waals surface area contributed by atoms with Crippen LogP contribution in [0.25, 0.3) is 0 Å². The fourth-order valence-corrected chi connectivity index (χ4v) is 1.81. The molecule has 0 spiro atoms. The maximum Gasteiger partial charge on any atom is 0.252 e. The van der Waals surface area contributed by atoms with E-state index in [2.05, 4.69) is 10.6 Å². The molecule has 0 radical (unpaired) electrons. The zero-order valence-electron chi connectivity index (χ0n) is 11.4. The zero-order valence-corrected chi connectivity index (χ0v) is 12.2. The summed E-state index contributed by atoms with van der Waals surface area (Å²) in [6, 6.07) is 6.83. The first-order chi connectivity index (χ1) is 9.65. The van der Waals surface area contributed by atoms with Crippen molar-refractivity contribution in [3.63, 3.8) is 0 Å². The van der Waals surface area contributed by atoms with Crippen LogP contribution in [0.3, 0.4) is 0 Å².